The zero-order chi connectivity index (χ0) is 22.8. The molecule has 0 bridgehead atoms. The predicted molar refractivity (Wildman–Crippen MR) is 122 cm³/mol. The first-order valence-corrected chi connectivity index (χ1v) is 10.6. The van der Waals surface area contributed by atoms with Gasteiger partial charge in [-0.3, -0.25) is 14.6 Å². The van der Waals surface area contributed by atoms with E-state index in [4.69, 9.17) is 17.3 Å². The molecule has 0 aliphatic heterocycles. The predicted octanol–water partition coefficient (Wildman–Crippen LogP) is 4.53. The lowest BCUT2D eigenvalue weighted by atomic mass is 10.0. The summed E-state index contributed by atoms with van der Waals surface area (Å²) in [5, 5.41) is 3.03. The molecule has 1 aliphatic rings. The third-order valence-corrected chi connectivity index (χ3v) is 5.80. The Labute approximate surface area is 190 Å². The Hall–Kier alpha value is -3.45. The first-order chi connectivity index (χ1) is 15.3. The summed E-state index contributed by atoms with van der Waals surface area (Å²) in [4.78, 5) is 32.1. The third-order valence-electron chi connectivity index (χ3n) is 5.58. The van der Waals surface area contributed by atoms with E-state index in [2.05, 4.69) is 10.3 Å². The minimum atomic E-state index is -0.489. The number of pyridine rings is 1. The molecule has 4 rings (SSSR count). The van der Waals surface area contributed by atoms with Crippen LogP contribution in [0.4, 0.5) is 15.8 Å². The van der Waals surface area contributed by atoms with Crippen molar-refractivity contribution in [1.82, 2.24) is 9.88 Å². The van der Waals surface area contributed by atoms with Gasteiger partial charge in [0, 0.05) is 28.3 Å². The highest BCUT2D eigenvalue weighted by atomic mass is 35.5. The van der Waals surface area contributed by atoms with Gasteiger partial charge in [0.2, 0.25) is 5.91 Å². The van der Waals surface area contributed by atoms with Crippen molar-refractivity contribution in [2.45, 2.75) is 25.8 Å². The number of carbonyl (C=O) groups excluding carboxylic acids is 2. The van der Waals surface area contributed by atoms with Crippen LogP contribution in [0.5, 0.6) is 0 Å². The van der Waals surface area contributed by atoms with E-state index in [1.54, 1.807) is 55.6 Å². The van der Waals surface area contributed by atoms with Gasteiger partial charge in [-0.25, -0.2) is 4.39 Å². The van der Waals surface area contributed by atoms with Crippen LogP contribution in [0, 0.1) is 12.7 Å². The Morgan fingerprint density at radius 2 is 2.06 bits per heavy atom. The first-order valence-electron chi connectivity index (χ1n) is 10.2. The summed E-state index contributed by atoms with van der Waals surface area (Å²) < 4.78 is 14.5. The Morgan fingerprint density at radius 1 is 1.25 bits per heavy atom. The van der Waals surface area contributed by atoms with Gasteiger partial charge in [0.05, 0.1) is 11.6 Å². The van der Waals surface area contributed by atoms with Crippen LogP contribution in [0.15, 0.2) is 54.7 Å². The van der Waals surface area contributed by atoms with E-state index in [9.17, 15) is 14.0 Å². The van der Waals surface area contributed by atoms with Crippen LogP contribution in [-0.4, -0.2) is 28.2 Å². The maximum Gasteiger partial charge on any atom is 0.256 e. The van der Waals surface area contributed by atoms with Crippen LogP contribution in [0.3, 0.4) is 0 Å². The first kappa shape index (κ1) is 21.8. The van der Waals surface area contributed by atoms with Gasteiger partial charge in [0.15, 0.2) is 0 Å². The van der Waals surface area contributed by atoms with E-state index in [0.29, 0.717) is 46.6 Å². The molecule has 0 unspecified atom stereocenters. The van der Waals surface area contributed by atoms with E-state index in [1.807, 2.05) is 0 Å². The van der Waals surface area contributed by atoms with Crippen molar-refractivity contribution >= 4 is 34.8 Å². The topological polar surface area (TPSA) is 88.3 Å². The standard InChI is InChI=1S/C24H22ClFN4O2/c1-14-18(6-3-9-28-14)24(32)30(13-23(31)29-17-5-2-4-16(27)12-17)22-8-7-19-20(22)10-15(25)11-21(19)26/h2-6,9-12,22H,7-8,13,27H2,1H3,(H,29,31)/t22-/m1/s1. The van der Waals surface area contributed by atoms with E-state index >= 15 is 0 Å². The second-order valence-corrected chi connectivity index (χ2v) is 8.19. The molecular weight excluding hydrogens is 431 g/mol. The minimum Gasteiger partial charge on any atom is -0.399 e. The Bertz CT molecular complexity index is 1200. The largest absolute Gasteiger partial charge is 0.399 e. The molecule has 2 amide bonds. The minimum absolute atomic E-state index is 0.222. The van der Waals surface area contributed by atoms with Crippen molar-refractivity contribution < 1.29 is 14.0 Å². The lowest BCUT2D eigenvalue weighted by Crippen LogP contribution is -2.40. The quantitative estimate of drug-likeness (QED) is 0.556. The number of hydrogen-bond donors (Lipinski definition) is 2. The number of nitrogens with zero attached hydrogens (tertiary/aromatic N) is 2. The molecule has 0 saturated heterocycles. The molecule has 1 aliphatic carbocycles. The maximum absolute atomic E-state index is 14.5. The Kier molecular flexibility index (Phi) is 6.10. The van der Waals surface area contributed by atoms with Crippen molar-refractivity contribution in [3.63, 3.8) is 0 Å². The highest BCUT2D eigenvalue weighted by Crippen LogP contribution is 2.39. The molecule has 1 atom stereocenters. The second-order valence-electron chi connectivity index (χ2n) is 7.75. The monoisotopic (exact) mass is 452 g/mol. The third kappa shape index (κ3) is 4.43. The summed E-state index contributed by atoms with van der Waals surface area (Å²) in [6.45, 7) is 1.51. The molecule has 8 heteroatoms. The van der Waals surface area contributed by atoms with Gasteiger partial charge in [-0.2, -0.15) is 0 Å². The van der Waals surface area contributed by atoms with E-state index in [0.717, 1.165) is 0 Å². The lowest BCUT2D eigenvalue weighted by molar-refractivity contribution is -0.117. The molecule has 3 aromatic rings. The molecule has 3 N–H and O–H groups in total. The number of carbonyl (C=O) groups is 2. The van der Waals surface area contributed by atoms with Gasteiger partial charge >= 0.3 is 0 Å². The Morgan fingerprint density at radius 3 is 2.81 bits per heavy atom. The van der Waals surface area contributed by atoms with Crippen LogP contribution in [0.2, 0.25) is 5.02 Å². The van der Waals surface area contributed by atoms with Crippen LogP contribution >= 0.6 is 11.6 Å². The lowest BCUT2D eigenvalue weighted by Gasteiger charge is -2.30. The van der Waals surface area contributed by atoms with Crippen molar-refractivity contribution in [2.75, 3.05) is 17.6 Å². The summed E-state index contributed by atoms with van der Waals surface area (Å²) in [5.74, 6) is -1.14. The molecule has 1 heterocycles. The fourth-order valence-corrected chi connectivity index (χ4v) is 4.32. The summed E-state index contributed by atoms with van der Waals surface area (Å²) in [7, 11) is 0. The molecule has 2 aromatic carbocycles. The van der Waals surface area contributed by atoms with Crippen molar-refractivity contribution in [3.05, 3.63) is 88.0 Å². The number of nitrogens with one attached hydrogen (secondary N) is 1. The molecule has 1 aromatic heterocycles. The molecular formula is C24H22ClFN4O2. The number of aryl methyl sites for hydroxylation is 1. The van der Waals surface area contributed by atoms with Crippen LogP contribution in [-0.2, 0) is 11.2 Å². The number of amides is 2. The van der Waals surface area contributed by atoms with Crippen molar-refractivity contribution in [2.24, 2.45) is 0 Å². The number of hydrogen-bond acceptors (Lipinski definition) is 4. The fraction of sp³-hybridized carbons (Fsp3) is 0.208. The number of nitrogens with two attached hydrogens (primary N) is 1. The van der Waals surface area contributed by atoms with Crippen molar-refractivity contribution in [1.29, 1.82) is 0 Å². The maximum atomic E-state index is 14.5. The van der Waals surface area contributed by atoms with Crippen LogP contribution < -0.4 is 11.1 Å². The number of fused-ring (bicyclic) bond motifs is 1. The average molecular weight is 453 g/mol. The van der Waals surface area contributed by atoms with Gasteiger partial charge in [0.25, 0.3) is 5.91 Å². The number of aromatic nitrogens is 1. The zero-order valence-corrected chi connectivity index (χ0v) is 18.2. The summed E-state index contributed by atoms with van der Waals surface area (Å²) in [6, 6.07) is 12.6. The normalized spacial score (nSPS) is 14.7. The van der Waals surface area contributed by atoms with E-state index in [1.165, 1.54) is 11.0 Å². The average Bonchev–Trinajstić information content (AvgIpc) is 3.16. The Balaban J connectivity index is 1.68. The SMILES string of the molecule is Cc1ncccc1C(=O)N(CC(=O)Nc1cccc(N)c1)[C@@H]1CCc2c(F)cc(Cl)cc21. The molecule has 0 saturated carbocycles. The number of anilines is 2. The van der Waals surface area contributed by atoms with Crippen LogP contribution in [0.25, 0.3) is 0 Å². The number of benzene rings is 2. The van der Waals surface area contributed by atoms with Gasteiger partial charge in [-0.15, -0.1) is 0 Å². The van der Waals surface area contributed by atoms with Gasteiger partial charge in [-0.05, 0) is 73.4 Å². The second kappa shape index (κ2) is 8.96. The fourth-order valence-electron chi connectivity index (χ4n) is 4.10. The molecule has 0 spiro atoms. The van der Waals surface area contributed by atoms with E-state index < -0.39 is 11.9 Å². The smallest absolute Gasteiger partial charge is 0.256 e. The van der Waals surface area contributed by atoms with Crippen LogP contribution in [0.1, 0.15) is 39.6 Å². The summed E-state index contributed by atoms with van der Waals surface area (Å²) in [6.07, 6.45) is 2.54. The highest BCUT2D eigenvalue weighted by molar-refractivity contribution is 6.30. The zero-order valence-electron chi connectivity index (χ0n) is 17.4. The molecule has 164 valence electrons. The number of nitrogen functional groups attached to an aromatic ring is 1. The molecule has 6 nitrogen and oxygen atoms in total. The van der Waals surface area contributed by atoms with Gasteiger partial charge in [0.1, 0.15) is 12.4 Å². The molecule has 0 fully saturated rings. The number of halogens is 2. The van der Waals surface area contributed by atoms with E-state index in [-0.39, 0.29) is 23.4 Å². The summed E-state index contributed by atoms with van der Waals surface area (Å²) >= 11 is 6.10. The van der Waals surface area contributed by atoms with Crippen molar-refractivity contribution in [3.8, 4) is 0 Å². The van der Waals surface area contributed by atoms with Gasteiger partial charge in [-0.1, -0.05) is 17.7 Å². The molecule has 32 heavy (non-hydrogen) atoms. The highest BCUT2D eigenvalue weighted by Gasteiger charge is 2.35. The molecule has 0 radical (unpaired) electrons. The summed E-state index contributed by atoms with van der Waals surface area (Å²) in [5.41, 5.74) is 8.92. The number of rotatable bonds is 5. The van der Waals surface area contributed by atoms with Gasteiger partial charge < -0.3 is 16.0 Å².